The molecule has 2 aromatic carbocycles. The molecule has 2 aromatic rings. The van der Waals surface area contributed by atoms with E-state index in [9.17, 15) is 29.4 Å². The van der Waals surface area contributed by atoms with Crippen LogP contribution in [-0.2, 0) is 38.1 Å². The summed E-state index contributed by atoms with van der Waals surface area (Å²) < 4.78 is 45.7. The number of cyclic esters (lactones) is 2. The summed E-state index contributed by atoms with van der Waals surface area (Å²) in [7, 11) is 4.20. The highest BCUT2D eigenvalue weighted by Gasteiger charge is 2.59. The normalized spacial score (nSPS) is 23.7. The first kappa shape index (κ1) is 43.1. The van der Waals surface area contributed by atoms with Gasteiger partial charge in [-0.05, 0) is 48.2 Å². The SMILES string of the molecule is CCCCCCCC(=O)O[C@H]1/C(=C/C(=O)OC)C[C@H]2C[C@H](CO)OC(=O)CCOc3ccc(-c4c(OC)cccc4OC)cc3C(=O)OCC(C)(C)[C@]1(O)O2. The molecule has 0 radical (unpaired) electrons. The van der Waals surface area contributed by atoms with Crippen LogP contribution in [0.5, 0.6) is 17.2 Å². The largest absolute Gasteiger partial charge is 0.496 e. The predicted molar refractivity (Wildman–Crippen MR) is 199 cm³/mol. The number of hydrogen-bond donors (Lipinski definition) is 2. The Labute approximate surface area is 322 Å². The first-order chi connectivity index (χ1) is 26.3. The molecule has 14 nitrogen and oxygen atoms in total. The maximum atomic E-state index is 14.0. The topological polar surface area (TPSA) is 183 Å². The molecule has 302 valence electrons. The predicted octanol–water partition coefficient (Wildman–Crippen LogP) is 5.48. The number of esters is 4. The molecule has 1 fully saturated rings. The highest BCUT2D eigenvalue weighted by atomic mass is 16.7. The van der Waals surface area contributed by atoms with Gasteiger partial charge < -0.3 is 48.1 Å². The van der Waals surface area contributed by atoms with Crippen LogP contribution >= 0.6 is 0 Å². The summed E-state index contributed by atoms with van der Waals surface area (Å²) in [5, 5.41) is 22.9. The van der Waals surface area contributed by atoms with Crippen molar-refractivity contribution in [3.8, 4) is 28.4 Å². The van der Waals surface area contributed by atoms with Crippen molar-refractivity contribution in [2.45, 2.75) is 103 Å². The molecule has 14 heteroatoms. The molecule has 0 unspecified atom stereocenters. The van der Waals surface area contributed by atoms with Crippen LogP contribution in [0.1, 0.15) is 88.9 Å². The van der Waals surface area contributed by atoms with Gasteiger partial charge in [0.25, 0.3) is 0 Å². The smallest absolute Gasteiger partial charge is 0.341 e. The molecule has 55 heavy (non-hydrogen) atoms. The molecule has 4 atom stereocenters. The van der Waals surface area contributed by atoms with Gasteiger partial charge in [-0.1, -0.05) is 58.6 Å². The highest BCUT2D eigenvalue weighted by molar-refractivity contribution is 5.95. The molecule has 2 aliphatic heterocycles. The van der Waals surface area contributed by atoms with E-state index in [0.29, 0.717) is 29.0 Å². The van der Waals surface area contributed by atoms with Crippen molar-refractivity contribution in [1.29, 1.82) is 0 Å². The fraction of sp³-hybridized carbons (Fsp3) is 0.561. The fourth-order valence-corrected chi connectivity index (χ4v) is 6.66. The summed E-state index contributed by atoms with van der Waals surface area (Å²) in [5.41, 5.74) is -0.284. The minimum absolute atomic E-state index is 0.0123. The second-order valence-corrected chi connectivity index (χ2v) is 14.3. The van der Waals surface area contributed by atoms with Crippen LogP contribution in [-0.4, -0.2) is 99.3 Å². The van der Waals surface area contributed by atoms with E-state index in [-0.39, 0.29) is 49.2 Å². The molecule has 1 saturated heterocycles. The highest BCUT2D eigenvalue weighted by Crippen LogP contribution is 2.46. The second kappa shape index (κ2) is 19.8. The Hall–Kier alpha value is -4.66. The molecule has 2 heterocycles. The molecule has 4 rings (SSSR count). The maximum absolute atomic E-state index is 14.0. The summed E-state index contributed by atoms with van der Waals surface area (Å²) >= 11 is 0. The minimum atomic E-state index is -2.42. The molecule has 0 saturated carbocycles. The standard InChI is InChI=1S/C41H54O14/c1-7-8-9-10-11-15-34(43)54-38-27(22-36(45)50-6)20-28-23-29(24-42)53-35(44)18-19-51-31-17-16-26(37-32(48-4)13-12-14-33(37)49-5)21-30(31)39(46)52-25-40(2,3)41(38,47)55-28/h12-14,16-17,21-22,28-29,38,42,47H,7-11,15,18-20,23-25H2,1-6H3/b27-22+/t28-,29+,38-,41+/m0/s1. The van der Waals surface area contributed by atoms with E-state index < -0.39 is 66.6 Å². The van der Waals surface area contributed by atoms with Gasteiger partial charge >= 0.3 is 23.9 Å². The third-order valence-electron chi connectivity index (χ3n) is 9.78. The number of hydrogen-bond acceptors (Lipinski definition) is 14. The Bertz CT molecular complexity index is 1660. The molecule has 0 amide bonds. The number of unbranched alkanes of at least 4 members (excludes halogenated alkanes) is 4. The zero-order valence-corrected chi connectivity index (χ0v) is 32.6. The summed E-state index contributed by atoms with van der Waals surface area (Å²) in [4.78, 5) is 53.0. The van der Waals surface area contributed by atoms with Gasteiger partial charge in [0.15, 0.2) is 6.10 Å². The first-order valence-electron chi connectivity index (χ1n) is 18.6. The van der Waals surface area contributed by atoms with Gasteiger partial charge in [-0.3, -0.25) is 9.59 Å². The van der Waals surface area contributed by atoms with Crippen molar-refractivity contribution in [1.82, 2.24) is 0 Å². The van der Waals surface area contributed by atoms with E-state index in [1.165, 1.54) is 21.3 Å². The van der Waals surface area contributed by atoms with Crippen molar-refractivity contribution >= 4 is 23.9 Å². The number of rotatable bonds is 12. The van der Waals surface area contributed by atoms with Gasteiger partial charge in [0, 0.05) is 18.9 Å². The monoisotopic (exact) mass is 770 g/mol. The zero-order valence-electron chi connectivity index (χ0n) is 32.6. The van der Waals surface area contributed by atoms with Gasteiger partial charge in [-0.2, -0.15) is 0 Å². The van der Waals surface area contributed by atoms with E-state index >= 15 is 0 Å². The second-order valence-electron chi connectivity index (χ2n) is 14.3. The number of benzene rings is 2. The first-order valence-corrected chi connectivity index (χ1v) is 18.6. The number of methoxy groups -OCH3 is 3. The summed E-state index contributed by atoms with van der Waals surface area (Å²) in [6, 6.07) is 10.0. The average Bonchev–Trinajstić information content (AvgIpc) is 3.17. The molecule has 0 aromatic heterocycles. The van der Waals surface area contributed by atoms with Crippen molar-refractivity contribution in [3.05, 3.63) is 53.6 Å². The Morgan fingerprint density at radius 3 is 2.35 bits per heavy atom. The minimum Gasteiger partial charge on any atom is -0.496 e. The molecular weight excluding hydrogens is 716 g/mol. The van der Waals surface area contributed by atoms with E-state index in [4.69, 9.17) is 37.9 Å². The van der Waals surface area contributed by atoms with Crippen LogP contribution in [0.25, 0.3) is 11.1 Å². The number of fused-ring (bicyclic) bond motifs is 3. The maximum Gasteiger partial charge on any atom is 0.341 e. The molecule has 0 aliphatic carbocycles. The van der Waals surface area contributed by atoms with Gasteiger partial charge in [0.05, 0.1) is 58.0 Å². The van der Waals surface area contributed by atoms with Gasteiger partial charge in [-0.15, -0.1) is 0 Å². The zero-order chi connectivity index (χ0) is 40.2. The van der Waals surface area contributed by atoms with Gasteiger partial charge in [-0.25, -0.2) is 9.59 Å². The third kappa shape index (κ3) is 10.8. The Balaban J connectivity index is 1.78. The van der Waals surface area contributed by atoms with E-state index in [0.717, 1.165) is 31.8 Å². The van der Waals surface area contributed by atoms with E-state index in [1.54, 1.807) is 50.2 Å². The van der Waals surface area contributed by atoms with E-state index in [1.807, 2.05) is 0 Å². The lowest BCUT2D eigenvalue weighted by molar-refractivity contribution is -0.340. The van der Waals surface area contributed by atoms with Crippen molar-refractivity contribution in [2.24, 2.45) is 5.41 Å². The summed E-state index contributed by atoms with van der Waals surface area (Å²) in [6.45, 7) is 4.00. The van der Waals surface area contributed by atoms with Crippen LogP contribution in [0.2, 0.25) is 0 Å². The quantitative estimate of drug-likeness (QED) is 0.120. The van der Waals surface area contributed by atoms with Crippen molar-refractivity contribution < 1.29 is 67.3 Å². The van der Waals surface area contributed by atoms with E-state index in [2.05, 4.69) is 6.92 Å². The van der Waals surface area contributed by atoms with Crippen LogP contribution in [0.4, 0.5) is 0 Å². The van der Waals surface area contributed by atoms with Crippen LogP contribution in [0.15, 0.2) is 48.0 Å². The number of carbonyl (C=O) groups excluding carboxylic acids is 4. The Kier molecular flexibility index (Phi) is 15.5. The Morgan fingerprint density at radius 2 is 1.69 bits per heavy atom. The van der Waals surface area contributed by atoms with Crippen LogP contribution in [0.3, 0.4) is 0 Å². The lowest BCUT2D eigenvalue weighted by Gasteiger charge is -2.51. The lowest BCUT2D eigenvalue weighted by atomic mass is 9.75. The number of aliphatic hydroxyl groups excluding tert-OH is 1. The third-order valence-corrected chi connectivity index (χ3v) is 9.78. The van der Waals surface area contributed by atoms with Crippen LogP contribution < -0.4 is 14.2 Å². The number of aliphatic hydroxyl groups is 2. The lowest BCUT2D eigenvalue weighted by Crippen LogP contribution is -2.63. The summed E-state index contributed by atoms with van der Waals surface area (Å²) in [5.74, 6) is -4.29. The number of carbonyl (C=O) groups is 4. The molecule has 2 bridgehead atoms. The Morgan fingerprint density at radius 1 is 0.982 bits per heavy atom. The molecule has 2 aliphatic rings. The summed E-state index contributed by atoms with van der Waals surface area (Å²) in [6.07, 6.45) is 1.60. The van der Waals surface area contributed by atoms with Gasteiger partial charge in [0.2, 0.25) is 5.79 Å². The molecular formula is C41H54O14. The average molecular weight is 771 g/mol. The van der Waals surface area contributed by atoms with Crippen LogP contribution in [0, 0.1) is 5.41 Å². The van der Waals surface area contributed by atoms with Crippen molar-refractivity contribution in [2.75, 3.05) is 41.2 Å². The molecule has 2 N–H and O–H groups in total. The van der Waals surface area contributed by atoms with Gasteiger partial charge in [0.1, 0.15) is 35.5 Å². The molecule has 0 spiro atoms. The number of ether oxygens (including phenoxy) is 8. The fourth-order valence-electron chi connectivity index (χ4n) is 6.66. The van der Waals surface area contributed by atoms with Crippen molar-refractivity contribution in [3.63, 3.8) is 0 Å².